The summed E-state index contributed by atoms with van der Waals surface area (Å²) in [6, 6.07) is 14.1. The number of carbonyl (C=O) groups excluding carboxylic acids is 1. The summed E-state index contributed by atoms with van der Waals surface area (Å²) in [5, 5.41) is 2.99. The standard InChI is InChI=1S/C17H21ClN2OS/c1-2-20(13-15-10-11-16(18)22-15)17(21)19-12-6-9-14-7-4-3-5-8-14/h3-5,7-8,10-11H,2,6,9,12-13H2,1H3,(H,19,21). The van der Waals surface area contributed by atoms with Gasteiger partial charge in [0, 0.05) is 18.0 Å². The zero-order valence-corrected chi connectivity index (χ0v) is 14.3. The first-order valence-corrected chi connectivity index (χ1v) is 8.69. The first-order chi connectivity index (χ1) is 10.7. The van der Waals surface area contributed by atoms with Crippen molar-refractivity contribution >= 4 is 29.0 Å². The highest BCUT2D eigenvalue weighted by Crippen LogP contribution is 2.22. The van der Waals surface area contributed by atoms with Crippen molar-refractivity contribution in [2.45, 2.75) is 26.3 Å². The Kier molecular flexibility index (Phi) is 6.74. The van der Waals surface area contributed by atoms with Gasteiger partial charge in [-0.3, -0.25) is 0 Å². The lowest BCUT2D eigenvalue weighted by atomic mass is 10.1. The molecule has 2 amide bonds. The van der Waals surface area contributed by atoms with E-state index in [1.54, 1.807) is 4.90 Å². The van der Waals surface area contributed by atoms with Crippen LogP contribution in [0.5, 0.6) is 0 Å². The van der Waals surface area contributed by atoms with Gasteiger partial charge in [-0.25, -0.2) is 4.79 Å². The van der Waals surface area contributed by atoms with E-state index >= 15 is 0 Å². The average molecular weight is 337 g/mol. The summed E-state index contributed by atoms with van der Waals surface area (Å²) in [4.78, 5) is 15.1. The quantitative estimate of drug-likeness (QED) is 0.738. The fourth-order valence-corrected chi connectivity index (χ4v) is 3.30. The van der Waals surface area contributed by atoms with E-state index < -0.39 is 0 Å². The third-order valence-electron chi connectivity index (χ3n) is 3.41. The van der Waals surface area contributed by atoms with Crippen molar-refractivity contribution in [1.29, 1.82) is 0 Å². The number of rotatable bonds is 7. The molecule has 1 heterocycles. The van der Waals surface area contributed by atoms with Crippen LogP contribution in [0.4, 0.5) is 4.79 Å². The molecule has 0 aliphatic heterocycles. The van der Waals surface area contributed by atoms with Crippen LogP contribution in [0.3, 0.4) is 0 Å². The molecule has 5 heteroatoms. The molecule has 1 aromatic heterocycles. The fourth-order valence-electron chi connectivity index (χ4n) is 2.20. The first-order valence-electron chi connectivity index (χ1n) is 7.50. The number of hydrogen-bond donors (Lipinski definition) is 1. The number of urea groups is 1. The number of halogens is 1. The van der Waals surface area contributed by atoms with Crippen LogP contribution in [0.15, 0.2) is 42.5 Å². The molecule has 0 spiro atoms. The molecule has 1 aromatic carbocycles. The Balaban J connectivity index is 1.72. The molecule has 0 atom stereocenters. The Morgan fingerprint density at radius 1 is 1.23 bits per heavy atom. The average Bonchev–Trinajstić information content (AvgIpc) is 2.95. The maximum absolute atomic E-state index is 12.2. The first kappa shape index (κ1) is 16.8. The van der Waals surface area contributed by atoms with Crippen LogP contribution in [-0.2, 0) is 13.0 Å². The molecule has 0 aliphatic carbocycles. The van der Waals surface area contributed by atoms with Crippen molar-refractivity contribution in [2.75, 3.05) is 13.1 Å². The van der Waals surface area contributed by atoms with Gasteiger partial charge < -0.3 is 10.2 Å². The minimum absolute atomic E-state index is 0.0138. The summed E-state index contributed by atoms with van der Waals surface area (Å²) >= 11 is 7.44. The van der Waals surface area contributed by atoms with E-state index in [4.69, 9.17) is 11.6 Å². The molecule has 0 saturated heterocycles. The van der Waals surface area contributed by atoms with Crippen LogP contribution in [0.1, 0.15) is 23.8 Å². The van der Waals surface area contributed by atoms with Gasteiger partial charge in [-0.1, -0.05) is 41.9 Å². The van der Waals surface area contributed by atoms with Crippen LogP contribution >= 0.6 is 22.9 Å². The minimum atomic E-state index is -0.0138. The van der Waals surface area contributed by atoms with Crippen molar-refractivity contribution in [3.8, 4) is 0 Å². The maximum Gasteiger partial charge on any atom is 0.317 e. The second kappa shape index (κ2) is 8.81. The molecular weight excluding hydrogens is 316 g/mol. The van der Waals surface area contributed by atoms with Crippen LogP contribution < -0.4 is 5.32 Å². The van der Waals surface area contributed by atoms with Gasteiger partial charge >= 0.3 is 6.03 Å². The second-order valence-electron chi connectivity index (χ2n) is 5.04. The number of aryl methyl sites for hydroxylation is 1. The van der Waals surface area contributed by atoms with Crippen LogP contribution in [0.25, 0.3) is 0 Å². The van der Waals surface area contributed by atoms with Crippen molar-refractivity contribution in [3.63, 3.8) is 0 Å². The molecular formula is C17H21ClN2OS. The van der Waals surface area contributed by atoms with Gasteiger partial charge in [0.25, 0.3) is 0 Å². The van der Waals surface area contributed by atoms with Crippen LogP contribution in [0, 0.1) is 0 Å². The van der Waals surface area contributed by atoms with E-state index in [0.29, 0.717) is 19.6 Å². The van der Waals surface area contributed by atoms with E-state index in [1.165, 1.54) is 16.9 Å². The van der Waals surface area contributed by atoms with E-state index in [-0.39, 0.29) is 6.03 Å². The number of nitrogens with zero attached hydrogens (tertiary/aromatic N) is 1. The predicted molar refractivity (Wildman–Crippen MR) is 93.6 cm³/mol. The normalized spacial score (nSPS) is 10.5. The number of benzene rings is 1. The summed E-state index contributed by atoms with van der Waals surface area (Å²) in [6.45, 7) is 3.96. The summed E-state index contributed by atoms with van der Waals surface area (Å²) in [7, 11) is 0. The van der Waals surface area contributed by atoms with E-state index in [1.807, 2.05) is 37.3 Å². The Bertz CT molecular complexity index is 585. The molecule has 3 nitrogen and oxygen atoms in total. The largest absolute Gasteiger partial charge is 0.338 e. The molecule has 2 aromatic rings. The van der Waals surface area contributed by atoms with Gasteiger partial charge in [0.15, 0.2) is 0 Å². The Labute approximate surface area is 140 Å². The van der Waals surface area contributed by atoms with Crippen molar-refractivity contribution in [1.82, 2.24) is 10.2 Å². The lowest BCUT2D eigenvalue weighted by molar-refractivity contribution is 0.198. The summed E-state index contributed by atoms with van der Waals surface area (Å²) in [5.41, 5.74) is 1.30. The monoisotopic (exact) mass is 336 g/mol. The summed E-state index contributed by atoms with van der Waals surface area (Å²) in [6.07, 6.45) is 1.92. The van der Waals surface area contributed by atoms with Gasteiger partial charge in [0.05, 0.1) is 10.9 Å². The maximum atomic E-state index is 12.2. The number of carbonyl (C=O) groups is 1. The third-order valence-corrected chi connectivity index (χ3v) is 4.62. The van der Waals surface area contributed by atoms with Crippen molar-refractivity contribution < 1.29 is 4.79 Å². The summed E-state index contributed by atoms with van der Waals surface area (Å²) < 4.78 is 0.759. The highest BCUT2D eigenvalue weighted by molar-refractivity contribution is 7.16. The topological polar surface area (TPSA) is 32.3 Å². The molecule has 2 rings (SSSR count). The molecule has 1 N–H and O–H groups in total. The Hall–Kier alpha value is -1.52. The van der Waals surface area contributed by atoms with Gasteiger partial charge in [0.2, 0.25) is 0 Å². The molecule has 0 unspecified atom stereocenters. The lowest BCUT2D eigenvalue weighted by Crippen LogP contribution is -2.39. The molecule has 0 radical (unpaired) electrons. The molecule has 0 saturated carbocycles. The number of nitrogens with one attached hydrogen (secondary N) is 1. The highest BCUT2D eigenvalue weighted by Gasteiger charge is 2.12. The molecule has 0 fully saturated rings. The zero-order valence-electron chi connectivity index (χ0n) is 12.7. The van der Waals surface area contributed by atoms with Crippen molar-refractivity contribution in [3.05, 3.63) is 57.2 Å². The van der Waals surface area contributed by atoms with Gasteiger partial charge in [0.1, 0.15) is 0 Å². The molecule has 118 valence electrons. The Morgan fingerprint density at radius 2 is 2.00 bits per heavy atom. The molecule has 22 heavy (non-hydrogen) atoms. The minimum Gasteiger partial charge on any atom is -0.338 e. The molecule has 0 bridgehead atoms. The van der Waals surface area contributed by atoms with Gasteiger partial charge in [-0.05, 0) is 37.5 Å². The third kappa shape index (κ3) is 5.35. The fraction of sp³-hybridized carbons (Fsp3) is 0.353. The Morgan fingerprint density at radius 3 is 2.64 bits per heavy atom. The zero-order chi connectivity index (χ0) is 15.8. The van der Waals surface area contributed by atoms with E-state index in [0.717, 1.165) is 22.1 Å². The van der Waals surface area contributed by atoms with Crippen molar-refractivity contribution in [2.24, 2.45) is 0 Å². The summed E-state index contributed by atoms with van der Waals surface area (Å²) in [5.74, 6) is 0. The second-order valence-corrected chi connectivity index (χ2v) is 6.84. The highest BCUT2D eigenvalue weighted by atomic mass is 35.5. The smallest absolute Gasteiger partial charge is 0.317 e. The number of amides is 2. The van der Waals surface area contributed by atoms with Gasteiger partial charge in [-0.15, -0.1) is 11.3 Å². The number of thiophene rings is 1. The van der Waals surface area contributed by atoms with E-state index in [9.17, 15) is 4.79 Å². The SMILES string of the molecule is CCN(Cc1ccc(Cl)s1)C(=O)NCCCc1ccccc1. The van der Waals surface area contributed by atoms with Crippen LogP contribution in [-0.4, -0.2) is 24.0 Å². The predicted octanol–water partition coefficient (Wildman–Crippen LogP) is 4.57. The number of hydrogen-bond acceptors (Lipinski definition) is 2. The molecule has 0 aliphatic rings. The van der Waals surface area contributed by atoms with Crippen LogP contribution in [0.2, 0.25) is 4.34 Å². The van der Waals surface area contributed by atoms with E-state index in [2.05, 4.69) is 17.4 Å². The lowest BCUT2D eigenvalue weighted by Gasteiger charge is -2.20. The van der Waals surface area contributed by atoms with Gasteiger partial charge in [-0.2, -0.15) is 0 Å².